The summed E-state index contributed by atoms with van der Waals surface area (Å²) in [6, 6.07) is 15.2. The molecule has 4 N–H and O–H groups in total. The zero-order valence-electron chi connectivity index (χ0n) is 14.2. The second-order valence-corrected chi connectivity index (χ2v) is 6.05. The molecule has 0 unspecified atom stereocenters. The molecule has 1 fully saturated rings. The highest BCUT2D eigenvalue weighted by Crippen LogP contribution is 2.25. The van der Waals surface area contributed by atoms with E-state index in [0.717, 1.165) is 0 Å². The smallest absolute Gasteiger partial charge is 0.340 e. The SMILES string of the molecule is O=C(O[C@H]1O[C@H](CO)[C@@H](O)[C@H](O)[C@H]1O)c1cccc(Oc2ccccc2)c1. The van der Waals surface area contributed by atoms with Crippen LogP contribution in [-0.2, 0) is 9.47 Å². The zero-order valence-corrected chi connectivity index (χ0v) is 14.2. The molecule has 0 saturated carbocycles. The maximum atomic E-state index is 12.4. The van der Waals surface area contributed by atoms with Crippen molar-refractivity contribution in [2.75, 3.05) is 6.61 Å². The van der Waals surface area contributed by atoms with Crippen molar-refractivity contribution in [3.8, 4) is 11.5 Å². The molecule has 3 rings (SSSR count). The Bertz CT molecular complexity index is 763. The maximum Gasteiger partial charge on any atom is 0.340 e. The highest BCUT2D eigenvalue weighted by atomic mass is 16.7. The van der Waals surface area contributed by atoms with E-state index >= 15 is 0 Å². The van der Waals surface area contributed by atoms with Crippen molar-refractivity contribution in [1.29, 1.82) is 0 Å². The van der Waals surface area contributed by atoms with Gasteiger partial charge in [0.05, 0.1) is 12.2 Å². The molecule has 0 bridgehead atoms. The Morgan fingerprint density at radius 1 is 0.926 bits per heavy atom. The zero-order chi connectivity index (χ0) is 19.4. The predicted molar refractivity (Wildman–Crippen MR) is 92.1 cm³/mol. The molecule has 0 spiro atoms. The summed E-state index contributed by atoms with van der Waals surface area (Å²) in [4.78, 5) is 12.4. The number of hydrogen-bond donors (Lipinski definition) is 4. The van der Waals surface area contributed by atoms with E-state index in [4.69, 9.17) is 14.2 Å². The molecule has 1 aliphatic heterocycles. The first kappa shape index (κ1) is 19.3. The molecule has 8 heteroatoms. The fourth-order valence-corrected chi connectivity index (χ4v) is 2.65. The third-order valence-electron chi connectivity index (χ3n) is 4.12. The minimum Gasteiger partial charge on any atom is -0.457 e. The lowest BCUT2D eigenvalue weighted by atomic mass is 9.99. The van der Waals surface area contributed by atoms with Gasteiger partial charge in [-0.05, 0) is 30.3 Å². The Kier molecular flexibility index (Phi) is 6.04. The summed E-state index contributed by atoms with van der Waals surface area (Å²) in [5.74, 6) is 0.180. The van der Waals surface area contributed by atoms with E-state index < -0.39 is 43.3 Å². The summed E-state index contributed by atoms with van der Waals surface area (Å²) in [5, 5.41) is 38.6. The lowest BCUT2D eigenvalue weighted by molar-refractivity contribution is -0.285. The molecule has 1 saturated heterocycles. The van der Waals surface area contributed by atoms with Crippen molar-refractivity contribution >= 4 is 5.97 Å². The molecule has 0 aliphatic carbocycles. The summed E-state index contributed by atoms with van der Waals surface area (Å²) in [6.45, 7) is -0.612. The van der Waals surface area contributed by atoms with Gasteiger partial charge in [-0.25, -0.2) is 4.79 Å². The van der Waals surface area contributed by atoms with E-state index in [0.29, 0.717) is 11.5 Å². The number of rotatable bonds is 5. The van der Waals surface area contributed by atoms with Crippen LogP contribution in [-0.4, -0.2) is 63.7 Å². The van der Waals surface area contributed by atoms with Gasteiger partial charge < -0.3 is 34.6 Å². The number of aliphatic hydroxyl groups is 4. The fourth-order valence-electron chi connectivity index (χ4n) is 2.65. The molecular weight excluding hydrogens is 356 g/mol. The van der Waals surface area contributed by atoms with E-state index in [-0.39, 0.29) is 5.56 Å². The highest BCUT2D eigenvalue weighted by molar-refractivity contribution is 5.90. The van der Waals surface area contributed by atoms with Crippen LogP contribution in [0.15, 0.2) is 54.6 Å². The van der Waals surface area contributed by atoms with Crippen molar-refractivity contribution in [3.63, 3.8) is 0 Å². The van der Waals surface area contributed by atoms with Crippen molar-refractivity contribution in [3.05, 3.63) is 60.2 Å². The molecule has 8 nitrogen and oxygen atoms in total. The average molecular weight is 376 g/mol. The van der Waals surface area contributed by atoms with Crippen molar-refractivity contribution in [1.82, 2.24) is 0 Å². The number of ether oxygens (including phenoxy) is 3. The number of hydrogen-bond acceptors (Lipinski definition) is 8. The third kappa shape index (κ3) is 4.44. The Labute approximate surface area is 155 Å². The van der Waals surface area contributed by atoms with E-state index in [2.05, 4.69) is 0 Å². The fraction of sp³-hybridized carbons (Fsp3) is 0.316. The minimum atomic E-state index is -1.66. The van der Waals surface area contributed by atoms with Gasteiger partial charge in [-0.2, -0.15) is 0 Å². The molecular formula is C19H20O8. The number of aliphatic hydroxyl groups excluding tert-OH is 4. The van der Waals surface area contributed by atoms with Gasteiger partial charge in [0.25, 0.3) is 0 Å². The average Bonchev–Trinajstić information content (AvgIpc) is 2.69. The third-order valence-corrected chi connectivity index (χ3v) is 4.12. The second kappa shape index (κ2) is 8.47. The van der Waals surface area contributed by atoms with Crippen LogP contribution in [0.4, 0.5) is 0 Å². The van der Waals surface area contributed by atoms with Gasteiger partial charge in [-0.3, -0.25) is 0 Å². The maximum absolute atomic E-state index is 12.4. The molecule has 1 heterocycles. The van der Waals surface area contributed by atoms with Crippen LogP contribution in [0.25, 0.3) is 0 Å². The number of benzene rings is 2. The van der Waals surface area contributed by atoms with Crippen molar-refractivity contribution < 1.29 is 39.4 Å². The van der Waals surface area contributed by atoms with Gasteiger partial charge in [0.2, 0.25) is 6.29 Å². The molecule has 27 heavy (non-hydrogen) atoms. The van der Waals surface area contributed by atoms with E-state index in [1.54, 1.807) is 24.3 Å². The lowest BCUT2D eigenvalue weighted by Crippen LogP contribution is -2.59. The summed E-state index contributed by atoms with van der Waals surface area (Å²) in [6.07, 6.45) is -7.50. The van der Waals surface area contributed by atoms with Gasteiger partial charge in [-0.1, -0.05) is 24.3 Å². The molecule has 2 aromatic rings. The van der Waals surface area contributed by atoms with E-state index in [1.165, 1.54) is 12.1 Å². The molecule has 1 aliphatic rings. The number of esters is 1. The molecule has 144 valence electrons. The Morgan fingerprint density at radius 2 is 1.63 bits per heavy atom. The quantitative estimate of drug-likeness (QED) is 0.554. The number of carbonyl (C=O) groups excluding carboxylic acids is 1. The normalized spacial score (nSPS) is 27.8. The van der Waals surface area contributed by atoms with Crippen LogP contribution in [0.3, 0.4) is 0 Å². The first-order valence-corrected chi connectivity index (χ1v) is 8.34. The first-order valence-electron chi connectivity index (χ1n) is 8.34. The molecule has 0 radical (unpaired) electrons. The largest absolute Gasteiger partial charge is 0.457 e. The van der Waals surface area contributed by atoms with Gasteiger partial charge in [0.15, 0.2) is 0 Å². The van der Waals surface area contributed by atoms with E-state index in [1.807, 2.05) is 18.2 Å². The topological polar surface area (TPSA) is 126 Å². The Hall–Kier alpha value is -2.49. The summed E-state index contributed by atoms with van der Waals surface area (Å²) >= 11 is 0. The highest BCUT2D eigenvalue weighted by Gasteiger charge is 2.45. The predicted octanol–water partition coefficient (Wildman–Crippen LogP) is 0.436. The molecule has 5 atom stereocenters. The molecule has 2 aromatic carbocycles. The minimum absolute atomic E-state index is 0.139. The van der Waals surface area contributed by atoms with Crippen LogP contribution < -0.4 is 4.74 Å². The van der Waals surface area contributed by atoms with E-state index in [9.17, 15) is 25.2 Å². The van der Waals surface area contributed by atoms with Crippen LogP contribution in [0.2, 0.25) is 0 Å². The summed E-state index contributed by atoms with van der Waals surface area (Å²) < 4.78 is 15.9. The molecule has 0 aromatic heterocycles. The van der Waals surface area contributed by atoms with Gasteiger partial charge >= 0.3 is 5.97 Å². The Morgan fingerprint density at radius 3 is 2.33 bits per heavy atom. The van der Waals surface area contributed by atoms with Crippen molar-refractivity contribution in [2.45, 2.75) is 30.7 Å². The Balaban J connectivity index is 1.70. The van der Waals surface area contributed by atoms with Crippen LogP contribution in [0, 0.1) is 0 Å². The van der Waals surface area contributed by atoms with Crippen LogP contribution >= 0.6 is 0 Å². The van der Waals surface area contributed by atoms with Gasteiger partial charge in [-0.15, -0.1) is 0 Å². The summed E-state index contributed by atoms with van der Waals surface area (Å²) in [7, 11) is 0. The van der Waals surface area contributed by atoms with Gasteiger partial charge in [0, 0.05) is 0 Å². The standard InChI is InChI=1S/C19H20O8/c20-10-14-15(21)16(22)17(23)19(26-14)27-18(24)11-5-4-8-13(9-11)25-12-6-2-1-3-7-12/h1-9,14-17,19-23H,10H2/t14-,15-,16+,17-,19-/m1/s1. The molecule has 0 amide bonds. The van der Waals surface area contributed by atoms with Gasteiger partial charge in [0.1, 0.15) is 35.9 Å². The lowest BCUT2D eigenvalue weighted by Gasteiger charge is -2.39. The van der Waals surface area contributed by atoms with Crippen LogP contribution in [0.5, 0.6) is 11.5 Å². The number of carbonyl (C=O) groups is 1. The monoisotopic (exact) mass is 376 g/mol. The second-order valence-electron chi connectivity index (χ2n) is 6.05. The van der Waals surface area contributed by atoms with Crippen molar-refractivity contribution in [2.24, 2.45) is 0 Å². The number of para-hydroxylation sites is 1. The summed E-state index contributed by atoms with van der Waals surface area (Å²) in [5.41, 5.74) is 0.139. The van der Waals surface area contributed by atoms with Crippen LogP contribution in [0.1, 0.15) is 10.4 Å². The first-order chi connectivity index (χ1) is 13.0.